The molecule has 0 aromatic heterocycles. The van der Waals surface area contributed by atoms with Crippen molar-refractivity contribution in [3.8, 4) is 0 Å². The third-order valence-electron chi connectivity index (χ3n) is 9.21. The van der Waals surface area contributed by atoms with Crippen LogP contribution in [0.5, 0.6) is 0 Å². The van der Waals surface area contributed by atoms with Gasteiger partial charge in [-0.1, -0.05) is 68.8 Å². The quantitative estimate of drug-likeness (QED) is 0.243. The van der Waals surface area contributed by atoms with Crippen LogP contribution in [-0.4, -0.2) is 35.9 Å². The first-order valence-corrected chi connectivity index (χ1v) is 14.8. The summed E-state index contributed by atoms with van der Waals surface area (Å²) in [5.74, 6) is 0. The van der Waals surface area contributed by atoms with E-state index >= 15 is 0 Å². The Kier molecular flexibility index (Phi) is 13.6. The molecule has 0 saturated carbocycles. The monoisotopic (exact) mass is 623 g/mol. The van der Waals surface area contributed by atoms with E-state index in [-0.39, 0.29) is 114 Å². The molecule has 212 valence electrons. The van der Waals surface area contributed by atoms with E-state index in [1.807, 2.05) is 0 Å². The molecule has 43 heavy (non-hydrogen) atoms. The second-order valence-corrected chi connectivity index (χ2v) is 12.3. The fraction of sp³-hybridized carbons (Fsp3) is 0.378. The molecule has 0 atom stereocenters. The van der Waals surface area contributed by atoms with Crippen LogP contribution in [-0.2, 0) is 20.4 Å². The predicted octanol–water partition coefficient (Wildman–Crippen LogP) is 1.74. The molecule has 0 radical (unpaired) electrons. The number of para-hydroxylation sites is 2. The minimum absolute atomic E-state index is 0. The third-order valence-corrected chi connectivity index (χ3v) is 9.21. The SMILES string of the molecule is CC1=C(/C=C/C2=[N+](CC[C-]=O)c3ccccc3C2(C)C)CCC/C1=C\C=C1\N(CC[C-]=O)c2ccccc2C1(C)C.[K+].[K+]. The van der Waals surface area contributed by atoms with Crippen LogP contribution in [0.3, 0.4) is 0 Å². The standard InChI is InChI=1S/C37H41N2O2.2K/c1-27-28(19-21-34-36(2,3)30-15-6-8-17-32(30)38(34)23-11-25-40)13-10-14-29(27)20-22-35-37(4,5)31-16-7-9-18-33(31)39(35)24-12-26-41;;/h6-9,15-22H,10-14,23-24H2,1-5H3;;/q-1;2*+1. The summed E-state index contributed by atoms with van der Waals surface area (Å²) < 4.78 is 2.29. The van der Waals surface area contributed by atoms with Gasteiger partial charge in [-0.05, 0) is 81.0 Å². The summed E-state index contributed by atoms with van der Waals surface area (Å²) in [6.45, 7) is 12.6. The molecule has 4 nitrogen and oxygen atoms in total. The molecule has 2 aliphatic heterocycles. The molecule has 6 heteroatoms. The molecular weight excluding hydrogens is 583 g/mol. The molecule has 0 fully saturated rings. The van der Waals surface area contributed by atoms with Gasteiger partial charge in [0.25, 0.3) is 0 Å². The third kappa shape index (κ3) is 7.40. The molecule has 0 unspecified atom stereocenters. The fourth-order valence-corrected chi connectivity index (χ4v) is 6.90. The van der Waals surface area contributed by atoms with Gasteiger partial charge in [0.1, 0.15) is 6.54 Å². The number of hydrogen-bond acceptors (Lipinski definition) is 3. The minimum Gasteiger partial charge on any atom is -0.542 e. The summed E-state index contributed by atoms with van der Waals surface area (Å²) >= 11 is 0. The van der Waals surface area contributed by atoms with Crippen molar-refractivity contribution in [2.45, 2.75) is 77.6 Å². The Labute approximate surface area is 343 Å². The van der Waals surface area contributed by atoms with Gasteiger partial charge < -0.3 is 14.5 Å². The summed E-state index contributed by atoms with van der Waals surface area (Å²) in [6.07, 6.45) is 17.3. The van der Waals surface area contributed by atoms with E-state index in [0.717, 1.165) is 19.3 Å². The van der Waals surface area contributed by atoms with Crippen molar-refractivity contribution in [1.29, 1.82) is 0 Å². The molecule has 2 aromatic carbocycles. The van der Waals surface area contributed by atoms with Gasteiger partial charge in [-0.2, -0.15) is 4.58 Å². The van der Waals surface area contributed by atoms with Gasteiger partial charge in [-0.3, -0.25) is 12.6 Å². The first-order chi connectivity index (χ1) is 19.7. The van der Waals surface area contributed by atoms with Gasteiger partial charge in [-0.25, -0.2) is 0 Å². The molecule has 0 spiro atoms. The Bertz CT molecular complexity index is 1520. The maximum Gasteiger partial charge on any atom is 1.00 e. The van der Waals surface area contributed by atoms with Crippen molar-refractivity contribution in [2.24, 2.45) is 0 Å². The zero-order valence-corrected chi connectivity index (χ0v) is 33.3. The second-order valence-electron chi connectivity index (χ2n) is 12.3. The Hall–Kier alpha value is -0.517. The Morgan fingerprint density at radius 2 is 1.51 bits per heavy atom. The van der Waals surface area contributed by atoms with Crippen LogP contribution < -0.4 is 108 Å². The second kappa shape index (κ2) is 15.9. The van der Waals surface area contributed by atoms with Crippen LogP contribution in [0.25, 0.3) is 0 Å². The van der Waals surface area contributed by atoms with E-state index in [0.29, 0.717) is 25.9 Å². The predicted molar refractivity (Wildman–Crippen MR) is 169 cm³/mol. The topological polar surface area (TPSA) is 40.4 Å². The van der Waals surface area contributed by atoms with E-state index in [2.05, 4.69) is 130 Å². The van der Waals surface area contributed by atoms with E-state index in [1.165, 1.54) is 50.6 Å². The van der Waals surface area contributed by atoms with Crippen LogP contribution >= 0.6 is 0 Å². The molecule has 1 aliphatic carbocycles. The maximum atomic E-state index is 11.1. The normalized spacial score (nSPS) is 20.3. The van der Waals surface area contributed by atoms with Crippen molar-refractivity contribution in [3.05, 3.63) is 106 Å². The molecule has 0 saturated heterocycles. The minimum atomic E-state index is -0.145. The molecule has 2 heterocycles. The van der Waals surface area contributed by atoms with Crippen molar-refractivity contribution >= 4 is 29.7 Å². The fourth-order valence-electron chi connectivity index (χ4n) is 6.90. The van der Waals surface area contributed by atoms with E-state index in [4.69, 9.17) is 0 Å². The Balaban J connectivity index is 0.00000253. The Morgan fingerprint density at radius 3 is 2.23 bits per heavy atom. The molecule has 5 rings (SSSR count). The first-order valence-electron chi connectivity index (χ1n) is 14.8. The van der Waals surface area contributed by atoms with Crippen LogP contribution in [0, 0.1) is 0 Å². The van der Waals surface area contributed by atoms with E-state index in [1.54, 1.807) is 0 Å². The summed E-state index contributed by atoms with van der Waals surface area (Å²) in [4.78, 5) is 24.6. The summed E-state index contributed by atoms with van der Waals surface area (Å²) in [5.41, 5.74) is 11.2. The number of benzene rings is 2. The van der Waals surface area contributed by atoms with Gasteiger partial charge in [0, 0.05) is 34.5 Å². The number of anilines is 1. The summed E-state index contributed by atoms with van der Waals surface area (Å²) in [6, 6.07) is 17.0. The van der Waals surface area contributed by atoms with Crippen molar-refractivity contribution in [2.75, 3.05) is 18.0 Å². The van der Waals surface area contributed by atoms with Gasteiger partial charge in [-0.15, -0.1) is 6.42 Å². The summed E-state index contributed by atoms with van der Waals surface area (Å²) in [7, 11) is 0. The number of fused-ring (bicyclic) bond motifs is 2. The number of rotatable bonds is 9. The van der Waals surface area contributed by atoms with Crippen molar-refractivity contribution in [1.82, 2.24) is 0 Å². The van der Waals surface area contributed by atoms with Crippen LogP contribution in [0.15, 0.2) is 95.3 Å². The average Bonchev–Trinajstić information content (AvgIpc) is 3.32. The molecule has 0 N–H and O–H groups in total. The molecule has 0 amide bonds. The van der Waals surface area contributed by atoms with E-state index in [9.17, 15) is 9.59 Å². The molecule has 0 bridgehead atoms. The molecule has 2 aromatic rings. The van der Waals surface area contributed by atoms with Crippen LogP contribution in [0.4, 0.5) is 11.4 Å². The van der Waals surface area contributed by atoms with Crippen LogP contribution in [0.2, 0.25) is 0 Å². The molecule has 3 aliphatic rings. The van der Waals surface area contributed by atoms with Gasteiger partial charge in [0.15, 0.2) is 5.71 Å². The number of nitrogens with zero attached hydrogens (tertiary/aromatic N) is 2. The van der Waals surface area contributed by atoms with Gasteiger partial charge in [0.05, 0.1) is 5.41 Å². The first kappa shape index (κ1) is 36.9. The number of allylic oxidation sites excluding steroid dienone is 8. The van der Waals surface area contributed by atoms with E-state index < -0.39 is 0 Å². The largest absolute Gasteiger partial charge is 1.00 e. The van der Waals surface area contributed by atoms with Gasteiger partial charge >= 0.3 is 103 Å². The summed E-state index contributed by atoms with van der Waals surface area (Å²) in [5, 5.41) is 0. The van der Waals surface area contributed by atoms with Gasteiger partial charge in [0.2, 0.25) is 5.69 Å². The average molecular weight is 624 g/mol. The zero-order valence-electron chi connectivity index (χ0n) is 27.1. The smallest absolute Gasteiger partial charge is 0.542 e. The zero-order chi connectivity index (χ0) is 29.2. The maximum absolute atomic E-state index is 11.1. The Morgan fingerprint density at radius 1 is 0.837 bits per heavy atom. The number of hydrogen-bond donors (Lipinski definition) is 0. The molecular formula is C37H41K2N2O2+. The number of carbonyl (C=O) groups excluding carboxylic acids is 2. The van der Waals surface area contributed by atoms with Crippen molar-refractivity contribution < 1.29 is 117 Å². The van der Waals surface area contributed by atoms with Crippen molar-refractivity contribution in [3.63, 3.8) is 0 Å². The van der Waals surface area contributed by atoms with Crippen LogP contribution in [0.1, 0.15) is 77.8 Å².